The molecule has 1 saturated heterocycles. The predicted molar refractivity (Wildman–Crippen MR) is 123 cm³/mol. The highest BCUT2D eigenvalue weighted by Gasteiger charge is 2.48. The second-order valence-electron chi connectivity index (χ2n) is 9.05. The number of Topliss-reactive ketones (excluding diaryl/α,β-unsaturated/α-hetero) is 1. The molecule has 2 aliphatic heterocycles. The van der Waals surface area contributed by atoms with Crippen LogP contribution in [0.4, 0.5) is 0 Å². The van der Waals surface area contributed by atoms with Crippen LogP contribution >= 0.6 is 0 Å². The summed E-state index contributed by atoms with van der Waals surface area (Å²) in [5, 5.41) is 2.87. The lowest BCUT2D eigenvalue weighted by Gasteiger charge is -2.36. The number of nitrogens with one attached hydrogen (secondary N) is 1. The number of hydrogen-bond acceptors (Lipinski definition) is 5. The zero-order valence-electron chi connectivity index (χ0n) is 17.9. The summed E-state index contributed by atoms with van der Waals surface area (Å²) in [6.45, 7) is 0.545. The van der Waals surface area contributed by atoms with E-state index in [-0.39, 0.29) is 29.9 Å². The Morgan fingerprint density at radius 2 is 2.06 bits per heavy atom. The number of rotatable bonds is 6. The molecule has 7 nitrogen and oxygen atoms in total. The van der Waals surface area contributed by atoms with Gasteiger partial charge < -0.3 is 15.8 Å². The Hall–Kier alpha value is -2.35. The molecular weight excluding hydrogens is 414 g/mol. The fourth-order valence-electron chi connectivity index (χ4n) is 5.02. The summed E-state index contributed by atoms with van der Waals surface area (Å²) in [6.07, 6.45) is 7.27. The van der Waals surface area contributed by atoms with Crippen LogP contribution < -0.4 is 15.8 Å². The SMILES string of the molecule is C=S1(=O)Cc2cccc(OCC3(C(=O)CC4CCCCC4)CCCNC3=O)c2C(N)=N1. The molecule has 0 spiro atoms. The summed E-state index contributed by atoms with van der Waals surface area (Å²) < 4.78 is 22.5. The van der Waals surface area contributed by atoms with Crippen LogP contribution in [0.15, 0.2) is 22.6 Å². The highest BCUT2D eigenvalue weighted by molar-refractivity contribution is 7.98. The summed E-state index contributed by atoms with van der Waals surface area (Å²) in [4.78, 5) is 26.4. The first-order chi connectivity index (χ1) is 14.8. The molecule has 2 atom stereocenters. The highest BCUT2D eigenvalue weighted by atomic mass is 32.2. The lowest BCUT2D eigenvalue weighted by Crippen LogP contribution is -2.54. The fourth-order valence-corrected chi connectivity index (χ4v) is 6.26. The van der Waals surface area contributed by atoms with Crippen LogP contribution in [0, 0.1) is 11.3 Å². The molecule has 1 amide bonds. The van der Waals surface area contributed by atoms with Crippen molar-refractivity contribution >= 4 is 33.1 Å². The van der Waals surface area contributed by atoms with Crippen LogP contribution in [0.25, 0.3) is 0 Å². The molecule has 1 aliphatic carbocycles. The maximum Gasteiger partial charge on any atom is 0.237 e. The fraction of sp³-hybridized carbons (Fsp3) is 0.565. The summed E-state index contributed by atoms with van der Waals surface area (Å²) in [6, 6.07) is 5.36. The Labute approximate surface area is 184 Å². The van der Waals surface area contributed by atoms with Gasteiger partial charge in [-0.3, -0.25) is 9.59 Å². The van der Waals surface area contributed by atoms with Crippen molar-refractivity contribution in [2.75, 3.05) is 13.2 Å². The summed E-state index contributed by atoms with van der Waals surface area (Å²) in [5.41, 5.74) is 6.23. The third-order valence-electron chi connectivity index (χ3n) is 6.72. The quantitative estimate of drug-likeness (QED) is 0.516. The molecule has 2 unspecified atom stereocenters. The Morgan fingerprint density at radius 3 is 2.81 bits per heavy atom. The molecule has 168 valence electrons. The number of fused-ring (bicyclic) bond motifs is 1. The van der Waals surface area contributed by atoms with E-state index in [0.717, 1.165) is 37.7 Å². The van der Waals surface area contributed by atoms with Gasteiger partial charge in [-0.2, -0.15) is 4.40 Å². The molecule has 3 N–H and O–H groups in total. The third-order valence-corrected chi connectivity index (χ3v) is 8.01. The van der Waals surface area contributed by atoms with Gasteiger partial charge in [0, 0.05) is 13.0 Å². The van der Waals surface area contributed by atoms with Gasteiger partial charge in [0.15, 0.2) is 5.78 Å². The van der Waals surface area contributed by atoms with E-state index in [0.29, 0.717) is 36.6 Å². The highest BCUT2D eigenvalue weighted by Crippen LogP contribution is 2.36. The second-order valence-corrected chi connectivity index (χ2v) is 11.1. The van der Waals surface area contributed by atoms with E-state index in [2.05, 4.69) is 15.6 Å². The number of amides is 1. The van der Waals surface area contributed by atoms with Crippen molar-refractivity contribution in [3.8, 4) is 5.75 Å². The lowest BCUT2D eigenvalue weighted by atomic mass is 9.72. The van der Waals surface area contributed by atoms with Gasteiger partial charge in [-0.25, -0.2) is 4.21 Å². The minimum atomic E-state index is -2.66. The van der Waals surface area contributed by atoms with Crippen molar-refractivity contribution in [1.29, 1.82) is 0 Å². The maximum absolute atomic E-state index is 13.4. The van der Waals surface area contributed by atoms with E-state index < -0.39 is 15.1 Å². The monoisotopic (exact) mass is 445 g/mol. The average molecular weight is 446 g/mol. The van der Waals surface area contributed by atoms with Crippen molar-refractivity contribution in [3.63, 3.8) is 0 Å². The standard InChI is InChI=1S/C23H31N3O4S/c1-31(29)14-17-9-5-10-18(20(17)21(24)26-31)30-15-23(11-6-12-25-22(23)28)19(27)13-16-7-3-2-4-8-16/h5,9-10,16H,1-4,6-8,11-15H2,(H,25,28)(H2,24,26,29). The van der Waals surface area contributed by atoms with Gasteiger partial charge in [0.25, 0.3) is 0 Å². The van der Waals surface area contributed by atoms with Crippen LogP contribution in [0.5, 0.6) is 5.75 Å². The van der Waals surface area contributed by atoms with Gasteiger partial charge in [-0.1, -0.05) is 44.2 Å². The van der Waals surface area contributed by atoms with Crippen molar-refractivity contribution in [2.45, 2.75) is 57.1 Å². The smallest absolute Gasteiger partial charge is 0.237 e. The first kappa shape index (κ1) is 21.9. The molecule has 0 bridgehead atoms. The van der Waals surface area contributed by atoms with Gasteiger partial charge in [0.05, 0.1) is 21.0 Å². The predicted octanol–water partition coefficient (Wildman–Crippen LogP) is 2.35. The first-order valence-electron chi connectivity index (χ1n) is 11.1. The van der Waals surface area contributed by atoms with Crippen LogP contribution in [-0.2, 0) is 25.0 Å². The van der Waals surface area contributed by atoms with E-state index >= 15 is 0 Å². The van der Waals surface area contributed by atoms with E-state index in [9.17, 15) is 13.8 Å². The average Bonchev–Trinajstić information content (AvgIpc) is 2.73. The zero-order chi connectivity index (χ0) is 22.1. The molecule has 1 aromatic rings. The number of benzene rings is 1. The number of ketones is 1. The molecule has 0 radical (unpaired) electrons. The van der Waals surface area contributed by atoms with E-state index in [1.165, 1.54) is 6.42 Å². The normalized spacial score (nSPS) is 28.9. The number of ether oxygens (including phenoxy) is 1. The van der Waals surface area contributed by atoms with Crippen molar-refractivity contribution < 1.29 is 18.5 Å². The van der Waals surface area contributed by atoms with Crippen molar-refractivity contribution in [1.82, 2.24) is 5.32 Å². The molecule has 3 aliphatic rings. The molecule has 1 saturated carbocycles. The Bertz CT molecular complexity index is 1010. The number of carbonyl (C=O) groups is 2. The lowest BCUT2D eigenvalue weighted by molar-refractivity contribution is -0.147. The maximum atomic E-state index is 13.4. The molecule has 0 aromatic heterocycles. The molecular formula is C23H31N3O4S. The molecule has 2 heterocycles. The zero-order valence-corrected chi connectivity index (χ0v) is 18.7. The number of amidine groups is 1. The Kier molecular flexibility index (Phi) is 6.10. The largest absolute Gasteiger partial charge is 0.491 e. The van der Waals surface area contributed by atoms with Gasteiger partial charge in [-0.05, 0) is 36.3 Å². The molecule has 4 rings (SSSR count). The van der Waals surface area contributed by atoms with Crippen LogP contribution in [0.2, 0.25) is 0 Å². The number of hydrogen-bond donors (Lipinski definition) is 2. The molecule has 8 heteroatoms. The van der Waals surface area contributed by atoms with Gasteiger partial charge in [-0.15, -0.1) is 0 Å². The third kappa shape index (κ3) is 4.49. The Morgan fingerprint density at radius 1 is 1.29 bits per heavy atom. The van der Waals surface area contributed by atoms with Crippen LogP contribution in [0.3, 0.4) is 0 Å². The number of carbonyl (C=O) groups excluding carboxylic acids is 2. The second kappa shape index (κ2) is 8.65. The van der Waals surface area contributed by atoms with E-state index in [1.807, 2.05) is 6.07 Å². The number of piperidine rings is 1. The topological polar surface area (TPSA) is 111 Å². The van der Waals surface area contributed by atoms with Gasteiger partial charge in [0.1, 0.15) is 23.6 Å². The van der Waals surface area contributed by atoms with Crippen molar-refractivity contribution in [2.24, 2.45) is 21.5 Å². The van der Waals surface area contributed by atoms with E-state index in [4.69, 9.17) is 10.5 Å². The van der Waals surface area contributed by atoms with Gasteiger partial charge >= 0.3 is 0 Å². The minimum absolute atomic E-state index is 0.0242. The Balaban J connectivity index is 1.58. The molecule has 31 heavy (non-hydrogen) atoms. The molecule has 2 fully saturated rings. The summed E-state index contributed by atoms with van der Waals surface area (Å²) in [7, 11) is -2.66. The van der Waals surface area contributed by atoms with Crippen LogP contribution in [-0.4, -0.2) is 40.8 Å². The van der Waals surface area contributed by atoms with E-state index in [1.54, 1.807) is 12.1 Å². The van der Waals surface area contributed by atoms with Gasteiger partial charge in [0.2, 0.25) is 5.91 Å². The minimum Gasteiger partial charge on any atom is -0.491 e. The number of nitrogens with zero attached hydrogens (tertiary/aromatic N) is 1. The molecule has 1 aromatic carbocycles. The van der Waals surface area contributed by atoms with Crippen molar-refractivity contribution in [3.05, 3.63) is 29.3 Å². The summed E-state index contributed by atoms with van der Waals surface area (Å²) >= 11 is 0. The first-order valence-corrected chi connectivity index (χ1v) is 12.9. The summed E-state index contributed by atoms with van der Waals surface area (Å²) in [5.74, 6) is 4.49. The van der Waals surface area contributed by atoms with Crippen LogP contribution in [0.1, 0.15) is 62.5 Å². The number of nitrogens with two attached hydrogens (primary N) is 1.